The molecule has 2 aromatic carbocycles. The Morgan fingerprint density at radius 2 is 1.74 bits per heavy atom. The van der Waals surface area contributed by atoms with Crippen LogP contribution in [0.2, 0.25) is 0 Å². The molecule has 0 aromatic heterocycles. The van der Waals surface area contributed by atoms with Gasteiger partial charge in [-0.15, -0.1) is 0 Å². The summed E-state index contributed by atoms with van der Waals surface area (Å²) in [4.78, 5) is 11.5. The number of benzene rings is 2. The highest BCUT2D eigenvalue weighted by atomic mass is 16.5. The summed E-state index contributed by atoms with van der Waals surface area (Å²) in [6.45, 7) is 2.41. The Bertz CT molecular complexity index is 636. The number of hydrogen-bond donors (Lipinski definition) is 1. The molecule has 1 N–H and O–H groups in total. The first-order chi connectivity index (χ1) is 11.1. The zero-order chi connectivity index (χ0) is 16.7. The van der Waals surface area contributed by atoms with E-state index in [4.69, 9.17) is 14.2 Å². The Labute approximate surface area is 135 Å². The summed E-state index contributed by atoms with van der Waals surface area (Å²) in [5.74, 6) is 0.824. The fourth-order valence-electron chi connectivity index (χ4n) is 2.17. The van der Waals surface area contributed by atoms with Crippen LogP contribution in [0.4, 0.5) is 0 Å². The second-order valence-corrected chi connectivity index (χ2v) is 4.87. The van der Waals surface area contributed by atoms with E-state index in [1.54, 1.807) is 31.4 Å². The highest BCUT2D eigenvalue weighted by Crippen LogP contribution is 2.23. The van der Waals surface area contributed by atoms with E-state index in [2.05, 4.69) is 0 Å². The summed E-state index contributed by atoms with van der Waals surface area (Å²) in [7, 11) is 1.57. The molecule has 5 heteroatoms. The molecule has 122 valence electrons. The largest absolute Gasteiger partial charge is 0.497 e. The average molecular weight is 316 g/mol. The molecule has 0 saturated heterocycles. The lowest BCUT2D eigenvalue weighted by Crippen LogP contribution is -2.29. The van der Waals surface area contributed by atoms with Crippen molar-refractivity contribution in [3.63, 3.8) is 0 Å². The number of methoxy groups -OCH3 is 1. The van der Waals surface area contributed by atoms with Crippen molar-refractivity contribution < 1.29 is 24.1 Å². The van der Waals surface area contributed by atoms with Gasteiger partial charge in [-0.1, -0.05) is 18.2 Å². The van der Waals surface area contributed by atoms with Gasteiger partial charge in [0.25, 0.3) is 0 Å². The minimum atomic E-state index is -1.02. The number of hydrogen-bond acceptors (Lipinski definition) is 4. The molecule has 0 saturated carbocycles. The second kappa shape index (κ2) is 8.08. The predicted octanol–water partition coefficient (Wildman–Crippen LogP) is 3.17. The third kappa shape index (κ3) is 4.64. The molecule has 0 amide bonds. The van der Waals surface area contributed by atoms with Crippen molar-refractivity contribution in [1.82, 2.24) is 0 Å². The van der Waals surface area contributed by atoms with E-state index in [1.165, 1.54) is 0 Å². The normalized spacial score (nSPS) is 11.6. The highest BCUT2D eigenvalue weighted by Gasteiger charge is 2.22. The van der Waals surface area contributed by atoms with Gasteiger partial charge in [-0.25, -0.2) is 4.79 Å². The quantitative estimate of drug-likeness (QED) is 0.810. The smallest absolute Gasteiger partial charge is 0.345 e. The molecule has 0 aliphatic heterocycles. The fourth-order valence-corrected chi connectivity index (χ4v) is 2.17. The molecule has 0 heterocycles. The number of aliphatic carboxylic acids is 1. The third-order valence-corrected chi connectivity index (χ3v) is 3.29. The molecule has 0 aliphatic rings. The van der Waals surface area contributed by atoms with Gasteiger partial charge < -0.3 is 19.3 Å². The molecule has 0 spiro atoms. The Morgan fingerprint density at radius 1 is 1.09 bits per heavy atom. The van der Waals surface area contributed by atoms with E-state index >= 15 is 0 Å². The Kier molecular flexibility index (Phi) is 5.86. The topological polar surface area (TPSA) is 65.0 Å². The molecule has 2 rings (SSSR count). The van der Waals surface area contributed by atoms with Gasteiger partial charge in [-0.3, -0.25) is 0 Å². The van der Waals surface area contributed by atoms with Crippen molar-refractivity contribution in [1.29, 1.82) is 0 Å². The Balaban J connectivity index is 2.14. The maximum atomic E-state index is 11.5. The number of rotatable bonds is 8. The summed E-state index contributed by atoms with van der Waals surface area (Å²) in [5.41, 5.74) is 0.801. The molecule has 0 radical (unpaired) electrons. The van der Waals surface area contributed by atoms with Gasteiger partial charge in [0.05, 0.1) is 13.7 Å². The van der Waals surface area contributed by atoms with Gasteiger partial charge in [0.1, 0.15) is 17.2 Å². The first-order valence-corrected chi connectivity index (χ1v) is 7.38. The molecule has 0 aliphatic carbocycles. The van der Waals surface area contributed by atoms with Crippen LogP contribution in [-0.2, 0) is 11.2 Å². The zero-order valence-electron chi connectivity index (χ0n) is 13.2. The molecular formula is C18H20O5. The van der Waals surface area contributed by atoms with Crippen molar-refractivity contribution in [2.24, 2.45) is 0 Å². The maximum Gasteiger partial charge on any atom is 0.345 e. The first-order valence-electron chi connectivity index (χ1n) is 7.38. The highest BCUT2D eigenvalue weighted by molar-refractivity contribution is 5.73. The molecule has 0 bridgehead atoms. The number of ether oxygens (including phenoxy) is 3. The second-order valence-electron chi connectivity index (χ2n) is 4.87. The maximum absolute atomic E-state index is 11.5. The number of carbonyl (C=O) groups is 1. The number of carboxylic acid groups (broad SMARTS) is 1. The zero-order valence-corrected chi connectivity index (χ0v) is 13.2. The molecular weight excluding hydrogens is 296 g/mol. The van der Waals surface area contributed by atoms with E-state index in [0.717, 1.165) is 5.56 Å². The van der Waals surface area contributed by atoms with E-state index < -0.39 is 12.1 Å². The SMILES string of the molecule is CCOc1ccccc1CC(Oc1ccc(OC)cc1)C(=O)O. The molecule has 23 heavy (non-hydrogen) atoms. The average Bonchev–Trinajstić information content (AvgIpc) is 2.56. The van der Waals surface area contributed by atoms with Crippen molar-refractivity contribution in [3.05, 3.63) is 54.1 Å². The van der Waals surface area contributed by atoms with Gasteiger partial charge in [-0.05, 0) is 42.8 Å². The third-order valence-electron chi connectivity index (χ3n) is 3.29. The molecule has 1 atom stereocenters. The summed E-state index contributed by atoms with van der Waals surface area (Å²) in [6.07, 6.45) is -0.776. The van der Waals surface area contributed by atoms with Gasteiger partial charge in [0.15, 0.2) is 6.10 Å². The lowest BCUT2D eigenvalue weighted by Gasteiger charge is -2.17. The molecule has 5 nitrogen and oxygen atoms in total. The van der Waals surface area contributed by atoms with Crippen molar-refractivity contribution in [2.75, 3.05) is 13.7 Å². The van der Waals surface area contributed by atoms with Crippen LogP contribution in [0.25, 0.3) is 0 Å². The lowest BCUT2D eigenvalue weighted by molar-refractivity contribution is -0.145. The fraction of sp³-hybridized carbons (Fsp3) is 0.278. The van der Waals surface area contributed by atoms with Gasteiger partial charge in [-0.2, -0.15) is 0 Å². The van der Waals surface area contributed by atoms with Crippen LogP contribution >= 0.6 is 0 Å². The van der Waals surface area contributed by atoms with E-state index in [-0.39, 0.29) is 6.42 Å². The van der Waals surface area contributed by atoms with E-state index in [1.807, 2.05) is 31.2 Å². The van der Waals surface area contributed by atoms with Crippen LogP contribution < -0.4 is 14.2 Å². The van der Waals surface area contributed by atoms with Crippen LogP contribution in [-0.4, -0.2) is 30.9 Å². The van der Waals surface area contributed by atoms with Crippen LogP contribution in [0.15, 0.2) is 48.5 Å². The summed E-state index contributed by atoms with van der Waals surface area (Å²) in [6, 6.07) is 14.2. The van der Waals surface area contributed by atoms with E-state index in [0.29, 0.717) is 23.9 Å². The standard InChI is InChI=1S/C18H20O5/c1-3-22-16-7-5-4-6-13(16)12-17(18(19)20)23-15-10-8-14(21-2)9-11-15/h4-11,17H,3,12H2,1-2H3,(H,19,20). The van der Waals surface area contributed by atoms with Crippen LogP contribution in [0, 0.1) is 0 Å². The summed E-state index contributed by atoms with van der Waals surface area (Å²) in [5, 5.41) is 9.43. The minimum Gasteiger partial charge on any atom is -0.497 e. The number of para-hydroxylation sites is 1. The molecule has 2 aromatic rings. The van der Waals surface area contributed by atoms with Crippen LogP contribution in [0.3, 0.4) is 0 Å². The molecule has 0 fully saturated rings. The lowest BCUT2D eigenvalue weighted by atomic mass is 10.1. The predicted molar refractivity (Wildman–Crippen MR) is 86.4 cm³/mol. The summed E-state index contributed by atoms with van der Waals surface area (Å²) < 4.78 is 16.2. The summed E-state index contributed by atoms with van der Waals surface area (Å²) >= 11 is 0. The monoisotopic (exact) mass is 316 g/mol. The Morgan fingerprint density at radius 3 is 2.35 bits per heavy atom. The van der Waals surface area contributed by atoms with Crippen molar-refractivity contribution in [3.8, 4) is 17.2 Å². The van der Waals surface area contributed by atoms with Gasteiger partial charge in [0, 0.05) is 6.42 Å². The van der Waals surface area contributed by atoms with Gasteiger partial charge in [0.2, 0.25) is 0 Å². The van der Waals surface area contributed by atoms with Crippen molar-refractivity contribution in [2.45, 2.75) is 19.4 Å². The molecule has 1 unspecified atom stereocenters. The van der Waals surface area contributed by atoms with Crippen LogP contribution in [0.5, 0.6) is 17.2 Å². The minimum absolute atomic E-state index is 0.220. The first kappa shape index (κ1) is 16.7. The van der Waals surface area contributed by atoms with Gasteiger partial charge >= 0.3 is 5.97 Å². The van der Waals surface area contributed by atoms with Crippen LogP contribution in [0.1, 0.15) is 12.5 Å². The van der Waals surface area contributed by atoms with E-state index in [9.17, 15) is 9.90 Å². The van der Waals surface area contributed by atoms with Crippen molar-refractivity contribution >= 4 is 5.97 Å². The number of carboxylic acids is 1. The Hall–Kier alpha value is -2.69.